The standard InChI is InChI=1S/C20H15NO3.CH2O2/c1-2-12-9-14-19(10-18(12)22)24-11-15(20(14)23)17-8-7-13-5-3-4-6-16(13)21-17;2-1-3/h3-11,22H,2H2,1H3;1H,(H,2,3). The van der Waals surface area contributed by atoms with Crippen LogP contribution in [0.4, 0.5) is 0 Å². The van der Waals surface area contributed by atoms with Crippen LogP contribution < -0.4 is 5.43 Å². The van der Waals surface area contributed by atoms with Crippen molar-refractivity contribution >= 4 is 28.3 Å². The second-order valence-corrected chi connectivity index (χ2v) is 5.80. The Labute approximate surface area is 154 Å². The van der Waals surface area contributed by atoms with Crippen molar-refractivity contribution in [2.45, 2.75) is 13.3 Å². The number of phenols is 1. The monoisotopic (exact) mass is 363 g/mol. The van der Waals surface area contributed by atoms with E-state index >= 15 is 0 Å². The van der Waals surface area contributed by atoms with Crippen molar-refractivity contribution in [1.82, 2.24) is 4.98 Å². The minimum atomic E-state index is -0.250. The summed E-state index contributed by atoms with van der Waals surface area (Å²) >= 11 is 0. The van der Waals surface area contributed by atoms with Crippen molar-refractivity contribution in [2.24, 2.45) is 0 Å². The number of nitrogens with zero attached hydrogens (tertiary/aromatic N) is 1. The number of carboxylic acid groups (broad SMARTS) is 1. The van der Waals surface area contributed by atoms with Crippen molar-refractivity contribution in [3.05, 3.63) is 70.6 Å². The zero-order chi connectivity index (χ0) is 19.4. The number of para-hydroxylation sites is 1. The van der Waals surface area contributed by atoms with E-state index in [0.717, 1.165) is 16.5 Å². The van der Waals surface area contributed by atoms with E-state index in [4.69, 9.17) is 14.3 Å². The molecule has 2 N–H and O–H groups in total. The number of hydrogen-bond donors (Lipinski definition) is 2. The number of aromatic nitrogens is 1. The molecule has 0 aliphatic rings. The molecule has 0 fully saturated rings. The average molecular weight is 363 g/mol. The van der Waals surface area contributed by atoms with Crippen LogP contribution >= 0.6 is 0 Å². The lowest BCUT2D eigenvalue weighted by atomic mass is 10.0. The fourth-order valence-corrected chi connectivity index (χ4v) is 2.89. The van der Waals surface area contributed by atoms with Crippen molar-refractivity contribution in [3.63, 3.8) is 0 Å². The van der Waals surface area contributed by atoms with Gasteiger partial charge in [0.15, 0.2) is 0 Å². The number of aromatic hydroxyl groups is 1. The second kappa shape index (κ2) is 7.70. The molecule has 4 rings (SSSR count). The first-order chi connectivity index (χ1) is 13.1. The molecule has 6 heteroatoms. The van der Waals surface area contributed by atoms with Crippen molar-refractivity contribution in [3.8, 4) is 17.0 Å². The highest BCUT2D eigenvalue weighted by Crippen LogP contribution is 2.26. The Morgan fingerprint density at radius 1 is 1.15 bits per heavy atom. The van der Waals surface area contributed by atoms with Crippen LogP contribution in [0.15, 0.2) is 64.0 Å². The van der Waals surface area contributed by atoms with Crippen molar-refractivity contribution < 1.29 is 19.4 Å². The maximum atomic E-state index is 12.9. The second-order valence-electron chi connectivity index (χ2n) is 5.80. The molecule has 0 bridgehead atoms. The molecule has 0 aliphatic carbocycles. The number of rotatable bonds is 2. The van der Waals surface area contributed by atoms with Gasteiger partial charge in [-0.2, -0.15) is 0 Å². The third-order valence-corrected chi connectivity index (χ3v) is 4.23. The Morgan fingerprint density at radius 2 is 1.89 bits per heavy atom. The molecule has 0 atom stereocenters. The molecule has 0 radical (unpaired) electrons. The Balaban J connectivity index is 0.000000659. The van der Waals surface area contributed by atoms with E-state index in [1.54, 1.807) is 6.07 Å². The first kappa shape index (κ1) is 18.1. The van der Waals surface area contributed by atoms with Crippen molar-refractivity contribution in [1.29, 1.82) is 0 Å². The number of carbonyl (C=O) groups is 1. The molecule has 0 unspecified atom stereocenters. The normalized spacial score (nSPS) is 10.4. The fourth-order valence-electron chi connectivity index (χ4n) is 2.89. The van der Waals surface area contributed by atoms with E-state index in [-0.39, 0.29) is 17.7 Å². The van der Waals surface area contributed by atoms with Gasteiger partial charge in [0.05, 0.1) is 22.2 Å². The largest absolute Gasteiger partial charge is 0.508 e. The number of benzene rings is 2. The van der Waals surface area contributed by atoms with Gasteiger partial charge in [-0.25, -0.2) is 4.98 Å². The highest BCUT2D eigenvalue weighted by Gasteiger charge is 2.13. The Kier molecular flexibility index (Phi) is 5.17. The number of pyridine rings is 1. The molecule has 2 aromatic carbocycles. The molecule has 0 aliphatic heterocycles. The molecule has 136 valence electrons. The molecule has 4 aromatic rings. The Morgan fingerprint density at radius 3 is 2.63 bits per heavy atom. The van der Waals surface area contributed by atoms with Gasteiger partial charge in [0.2, 0.25) is 5.43 Å². The molecule has 6 nitrogen and oxygen atoms in total. The van der Waals surface area contributed by atoms with E-state index in [9.17, 15) is 9.90 Å². The van der Waals surface area contributed by atoms with Gasteiger partial charge in [-0.1, -0.05) is 31.2 Å². The maximum Gasteiger partial charge on any atom is 0.290 e. The van der Waals surface area contributed by atoms with E-state index < -0.39 is 0 Å². The molecule has 0 saturated carbocycles. The summed E-state index contributed by atoms with van der Waals surface area (Å²) in [5.74, 6) is 0.143. The smallest absolute Gasteiger partial charge is 0.290 e. The van der Waals surface area contributed by atoms with E-state index in [0.29, 0.717) is 28.6 Å². The van der Waals surface area contributed by atoms with Gasteiger partial charge in [0.1, 0.15) is 17.6 Å². The minimum absolute atomic E-state index is 0.143. The lowest BCUT2D eigenvalue weighted by molar-refractivity contribution is -0.122. The van der Waals surface area contributed by atoms with Gasteiger partial charge >= 0.3 is 0 Å². The van der Waals surface area contributed by atoms with Gasteiger partial charge in [0, 0.05) is 11.5 Å². The summed E-state index contributed by atoms with van der Waals surface area (Å²) in [6.45, 7) is 1.68. The van der Waals surface area contributed by atoms with Gasteiger partial charge in [-0.3, -0.25) is 9.59 Å². The van der Waals surface area contributed by atoms with Gasteiger partial charge in [-0.05, 0) is 30.2 Å². The molecule has 2 aromatic heterocycles. The van der Waals surface area contributed by atoms with E-state index in [1.807, 2.05) is 43.3 Å². The van der Waals surface area contributed by atoms with Crippen LogP contribution in [0.25, 0.3) is 33.1 Å². The van der Waals surface area contributed by atoms with Crippen LogP contribution in [0.1, 0.15) is 12.5 Å². The third kappa shape index (κ3) is 3.50. The Hall–Kier alpha value is -3.67. The lowest BCUT2D eigenvalue weighted by Gasteiger charge is -2.06. The molecule has 0 spiro atoms. The summed E-state index contributed by atoms with van der Waals surface area (Å²) in [5, 5.41) is 18.3. The number of hydrogen-bond acceptors (Lipinski definition) is 5. The third-order valence-electron chi connectivity index (χ3n) is 4.23. The summed E-state index contributed by atoms with van der Waals surface area (Å²) in [6.07, 6.45) is 2.05. The summed E-state index contributed by atoms with van der Waals surface area (Å²) in [4.78, 5) is 25.8. The summed E-state index contributed by atoms with van der Waals surface area (Å²) in [6, 6.07) is 14.7. The predicted molar refractivity (Wildman–Crippen MR) is 103 cm³/mol. The quantitative estimate of drug-likeness (QED) is 0.523. The fraction of sp³-hybridized carbons (Fsp3) is 0.0952. The summed E-state index contributed by atoms with van der Waals surface area (Å²) < 4.78 is 5.57. The predicted octanol–water partition coefficient (Wildman–Crippen LogP) is 3.98. The van der Waals surface area contributed by atoms with Crippen LogP contribution in [-0.4, -0.2) is 21.7 Å². The Bertz CT molecular complexity index is 1180. The molecular weight excluding hydrogens is 346 g/mol. The number of phenolic OH excluding ortho intramolecular Hbond substituents is 1. The molecule has 0 saturated heterocycles. The molecule has 0 amide bonds. The van der Waals surface area contributed by atoms with Crippen LogP contribution in [0.3, 0.4) is 0 Å². The summed E-state index contributed by atoms with van der Waals surface area (Å²) in [7, 11) is 0. The van der Waals surface area contributed by atoms with E-state index in [2.05, 4.69) is 4.98 Å². The van der Waals surface area contributed by atoms with Crippen LogP contribution in [0.5, 0.6) is 5.75 Å². The van der Waals surface area contributed by atoms with Gasteiger partial charge in [0.25, 0.3) is 6.47 Å². The highest BCUT2D eigenvalue weighted by atomic mass is 16.3. The topological polar surface area (TPSA) is 101 Å². The maximum absolute atomic E-state index is 12.9. The van der Waals surface area contributed by atoms with Gasteiger partial charge in [-0.15, -0.1) is 0 Å². The van der Waals surface area contributed by atoms with Crippen LogP contribution in [0.2, 0.25) is 0 Å². The zero-order valence-electron chi connectivity index (χ0n) is 14.5. The van der Waals surface area contributed by atoms with Crippen molar-refractivity contribution in [2.75, 3.05) is 0 Å². The van der Waals surface area contributed by atoms with Crippen LogP contribution in [0, 0.1) is 0 Å². The first-order valence-electron chi connectivity index (χ1n) is 8.30. The molecule has 2 heterocycles. The SMILES string of the molecule is CCc1cc2c(=O)c(-c3ccc4ccccc4n3)coc2cc1O.O=CO. The average Bonchev–Trinajstić information content (AvgIpc) is 2.68. The minimum Gasteiger partial charge on any atom is -0.508 e. The van der Waals surface area contributed by atoms with E-state index in [1.165, 1.54) is 12.3 Å². The first-order valence-corrected chi connectivity index (χ1v) is 8.30. The van der Waals surface area contributed by atoms with Gasteiger partial charge < -0.3 is 14.6 Å². The zero-order valence-corrected chi connectivity index (χ0v) is 14.5. The molecular formula is C21H17NO5. The number of fused-ring (bicyclic) bond motifs is 2. The number of aryl methyl sites for hydroxylation is 1. The lowest BCUT2D eigenvalue weighted by Crippen LogP contribution is -2.06. The summed E-state index contributed by atoms with van der Waals surface area (Å²) in [5.41, 5.74) is 2.78. The highest BCUT2D eigenvalue weighted by molar-refractivity contribution is 5.85. The molecule has 27 heavy (non-hydrogen) atoms. The van der Waals surface area contributed by atoms with Crippen LogP contribution in [-0.2, 0) is 11.2 Å².